The van der Waals surface area contributed by atoms with Crippen molar-refractivity contribution < 1.29 is 8.94 Å². The Hall–Kier alpha value is -3.03. The number of aromatic nitrogens is 4. The minimum atomic E-state index is -1.19. The van der Waals surface area contributed by atoms with Crippen molar-refractivity contribution in [1.82, 2.24) is 19.9 Å². The zero-order valence-electron chi connectivity index (χ0n) is 17.8. The van der Waals surface area contributed by atoms with Crippen LogP contribution in [0.5, 0.6) is 0 Å². The fourth-order valence-electron chi connectivity index (χ4n) is 3.34. The predicted octanol–water partition coefficient (Wildman–Crippen LogP) is 5.51. The molecule has 0 bridgehead atoms. The molecule has 0 aliphatic rings. The van der Waals surface area contributed by atoms with Gasteiger partial charge in [0.25, 0.3) is 0 Å². The number of hydrogen-bond donors (Lipinski definition) is 1. The maximum Gasteiger partial charge on any atom is 0.244 e. The molecular weight excluding hydrogens is 411 g/mol. The molecule has 1 unspecified atom stereocenters. The van der Waals surface area contributed by atoms with E-state index in [-0.39, 0.29) is 11.7 Å². The highest BCUT2D eigenvalue weighted by atomic mass is 32.2. The number of halogens is 1. The molecule has 0 radical (unpaired) electrons. The molecular formula is C24H23FN4OS. The monoisotopic (exact) mass is 434 g/mol. The van der Waals surface area contributed by atoms with Crippen molar-refractivity contribution in [3.05, 3.63) is 72.1 Å². The van der Waals surface area contributed by atoms with Crippen LogP contribution in [0.4, 0.5) is 4.39 Å². The molecule has 0 aliphatic heterocycles. The van der Waals surface area contributed by atoms with Crippen molar-refractivity contribution in [2.75, 3.05) is 6.26 Å². The molecule has 3 heterocycles. The smallest absolute Gasteiger partial charge is 0.244 e. The highest BCUT2D eigenvalue weighted by Gasteiger charge is 2.19. The second-order valence-corrected chi connectivity index (χ2v) is 9.02. The third-order valence-corrected chi connectivity index (χ3v) is 5.83. The van der Waals surface area contributed by atoms with Crippen molar-refractivity contribution in [3.63, 3.8) is 0 Å². The summed E-state index contributed by atoms with van der Waals surface area (Å²) in [6, 6.07) is 14.2. The van der Waals surface area contributed by atoms with Crippen LogP contribution in [0.25, 0.3) is 33.8 Å². The number of hydrogen-bond acceptors (Lipinski definition) is 4. The predicted molar refractivity (Wildman–Crippen MR) is 122 cm³/mol. The van der Waals surface area contributed by atoms with Crippen LogP contribution in [0.3, 0.4) is 0 Å². The van der Waals surface area contributed by atoms with E-state index in [1.807, 2.05) is 25.1 Å². The molecule has 0 saturated heterocycles. The van der Waals surface area contributed by atoms with E-state index in [0.717, 1.165) is 34.2 Å². The lowest BCUT2D eigenvalue weighted by atomic mass is 10.0. The van der Waals surface area contributed by atoms with Crippen LogP contribution >= 0.6 is 0 Å². The fraction of sp³-hybridized carbons (Fsp3) is 0.208. The summed E-state index contributed by atoms with van der Waals surface area (Å²) in [7, 11) is 0. The Bertz CT molecular complexity index is 1220. The minimum Gasteiger partial charge on any atom is -0.610 e. The second-order valence-electron chi connectivity index (χ2n) is 7.70. The Morgan fingerprint density at radius 1 is 1.03 bits per heavy atom. The van der Waals surface area contributed by atoms with E-state index in [9.17, 15) is 8.94 Å². The van der Waals surface area contributed by atoms with Gasteiger partial charge in [-0.2, -0.15) is 0 Å². The van der Waals surface area contributed by atoms with Gasteiger partial charge >= 0.3 is 0 Å². The average Bonchev–Trinajstić information content (AvgIpc) is 3.20. The first-order valence-corrected chi connectivity index (χ1v) is 11.5. The summed E-state index contributed by atoms with van der Waals surface area (Å²) in [5.74, 6) is 0.685. The van der Waals surface area contributed by atoms with Gasteiger partial charge in [0.15, 0.2) is 0 Å². The first kappa shape index (κ1) is 21.2. The molecule has 0 saturated carbocycles. The minimum absolute atomic E-state index is 0.198. The molecule has 1 N–H and O–H groups in total. The molecule has 5 nitrogen and oxygen atoms in total. The Balaban J connectivity index is 1.84. The topological polar surface area (TPSA) is 77.5 Å². The summed E-state index contributed by atoms with van der Waals surface area (Å²) in [4.78, 5) is 17.1. The van der Waals surface area contributed by atoms with Gasteiger partial charge in [-0.05, 0) is 43.3 Å². The lowest BCUT2D eigenvalue weighted by molar-refractivity contribution is 0.597. The molecule has 0 amide bonds. The molecule has 3 aromatic heterocycles. The second kappa shape index (κ2) is 8.61. The number of H-pyrrole nitrogens is 1. The quantitative estimate of drug-likeness (QED) is 0.420. The van der Waals surface area contributed by atoms with Gasteiger partial charge in [0.2, 0.25) is 5.03 Å². The Labute approximate surface area is 184 Å². The van der Waals surface area contributed by atoms with E-state index in [2.05, 4.69) is 28.8 Å². The number of imidazole rings is 1. The SMILES string of the molecule is Cc1cccc(-c2[nH]c(C(C)C)nc2-c2ccc(F)c(-c3ccc([S+](C)[O-])nc3)c2)n1. The normalized spacial score (nSPS) is 12.4. The molecule has 0 spiro atoms. The maximum atomic E-state index is 14.7. The van der Waals surface area contributed by atoms with Gasteiger partial charge < -0.3 is 9.54 Å². The molecule has 7 heteroatoms. The summed E-state index contributed by atoms with van der Waals surface area (Å²) in [6.45, 7) is 6.08. The third kappa shape index (κ3) is 4.38. The van der Waals surface area contributed by atoms with Gasteiger partial charge in [0.05, 0.1) is 17.1 Å². The number of rotatable bonds is 5. The Morgan fingerprint density at radius 3 is 2.45 bits per heavy atom. The largest absolute Gasteiger partial charge is 0.610 e. The zero-order valence-corrected chi connectivity index (χ0v) is 18.6. The van der Waals surface area contributed by atoms with Crippen molar-refractivity contribution in [2.24, 2.45) is 0 Å². The van der Waals surface area contributed by atoms with Gasteiger partial charge in [-0.15, -0.1) is 0 Å². The molecule has 0 fully saturated rings. The van der Waals surface area contributed by atoms with E-state index in [0.29, 0.717) is 16.2 Å². The highest BCUT2D eigenvalue weighted by Crippen LogP contribution is 2.34. The van der Waals surface area contributed by atoms with Crippen LogP contribution < -0.4 is 0 Å². The van der Waals surface area contributed by atoms with Crippen LogP contribution in [0, 0.1) is 12.7 Å². The van der Waals surface area contributed by atoms with Crippen LogP contribution in [0.2, 0.25) is 0 Å². The molecule has 4 rings (SSSR count). The van der Waals surface area contributed by atoms with E-state index in [4.69, 9.17) is 4.98 Å². The Morgan fingerprint density at radius 2 is 1.81 bits per heavy atom. The average molecular weight is 435 g/mol. The van der Waals surface area contributed by atoms with E-state index < -0.39 is 11.2 Å². The van der Waals surface area contributed by atoms with Gasteiger partial charge in [0.1, 0.15) is 17.9 Å². The standard InChI is InChI=1S/C24H23FN4OS/c1-14(2)24-28-22(23(29-24)20-7-5-6-15(3)27-20)16-8-10-19(25)18(12-16)17-9-11-21(26-13-17)31(4)30/h5-14H,1-4H3,(H,28,29). The number of nitrogens with zero attached hydrogens (tertiary/aromatic N) is 3. The number of benzene rings is 1. The molecule has 0 aliphatic carbocycles. The van der Waals surface area contributed by atoms with Crippen molar-refractivity contribution in [3.8, 4) is 33.8 Å². The highest BCUT2D eigenvalue weighted by molar-refractivity contribution is 7.90. The summed E-state index contributed by atoms with van der Waals surface area (Å²) in [5.41, 5.74) is 5.03. The molecule has 1 aromatic carbocycles. The molecule has 158 valence electrons. The molecule has 31 heavy (non-hydrogen) atoms. The van der Waals surface area contributed by atoms with Crippen LogP contribution in [-0.4, -0.2) is 30.7 Å². The summed E-state index contributed by atoms with van der Waals surface area (Å²) in [5, 5.41) is 0.460. The Kier molecular flexibility index (Phi) is 5.89. The first-order chi connectivity index (χ1) is 14.8. The van der Waals surface area contributed by atoms with Crippen molar-refractivity contribution >= 4 is 11.2 Å². The number of aryl methyl sites for hydroxylation is 1. The third-order valence-electron chi connectivity index (χ3n) is 5.00. The zero-order chi connectivity index (χ0) is 22.1. The molecule has 4 aromatic rings. The lowest BCUT2D eigenvalue weighted by Crippen LogP contribution is -2.00. The van der Waals surface area contributed by atoms with Crippen LogP contribution in [0.15, 0.2) is 59.8 Å². The maximum absolute atomic E-state index is 14.7. The fourth-order valence-corrected chi connectivity index (χ4v) is 3.81. The van der Waals surface area contributed by atoms with Gasteiger partial charge in [-0.1, -0.05) is 19.9 Å². The number of nitrogens with one attached hydrogen (secondary N) is 1. The van der Waals surface area contributed by atoms with Crippen LogP contribution in [0.1, 0.15) is 31.3 Å². The van der Waals surface area contributed by atoms with Gasteiger partial charge in [0, 0.05) is 51.7 Å². The molecule has 1 atom stereocenters. The van der Waals surface area contributed by atoms with E-state index >= 15 is 0 Å². The van der Waals surface area contributed by atoms with Crippen molar-refractivity contribution in [1.29, 1.82) is 0 Å². The van der Waals surface area contributed by atoms with Gasteiger partial charge in [-0.25, -0.2) is 14.4 Å². The van der Waals surface area contributed by atoms with E-state index in [1.165, 1.54) is 6.07 Å². The summed E-state index contributed by atoms with van der Waals surface area (Å²) in [6.07, 6.45) is 3.11. The van der Waals surface area contributed by atoms with Crippen molar-refractivity contribution in [2.45, 2.75) is 31.7 Å². The van der Waals surface area contributed by atoms with Gasteiger partial charge in [-0.3, -0.25) is 4.98 Å². The number of aromatic amines is 1. The van der Waals surface area contributed by atoms with E-state index in [1.54, 1.807) is 36.7 Å². The summed E-state index contributed by atoms with van der Waals surface area (Å²) >= 11 is -1.19. The first-order valence-electron chi connectivity index (χ1n) is 9.97. The summed E-state index contributed by atoms with van der Waals surface area (Å²) < 4.78 is 26.3. The lowest BCUT2D eigenvalue weighted by Gasteiger charge is -2.09. The van der Waals surface area contributed by atoms with Crippen LogP contribution in [-0.2, 0) is 11.2 Å². The number of pyridine rings is 2.